The summed E-state index contributed by atoms with van der Waals surface area (Å²) in [6, 6.07) is 28.5. The SMILES string of the molecule is COC(=O)N[C@H](C(=O)N1CCC[C@H]1c1nc(-c2ccc3cc(-c4ccc(-c5cnc([C@@H]6CCCN6C(=O)[C@H](NC(=O)NC6CC6)c6ccccc6)[nH]5)cc4)ccc3c2)c[nH]1)C(C)C. The fraction of sp³-hybridized carbons (Fsp3) is 0.347. The first kappa shape index (κ1) is 41.4. The van der Waals surface area contributed by atoms with Gasteiger partial charge in [-0.3, -0.25) is 9.59 Å². The van der Waals surface area contributed by atoms with Crippen LogP contribution in [-0.2, 0) is 14.3 Å². The maximum Gasteiger partial charge on any atom is 0.407 e. The van der Waals surface area contributed by atoms with Crippen molar-refractivity contribution in [3.8, 4) is 33.6 Å². The van der Waals surface area contributed by atoms with Crippen molar-refractivity contribution in [3.63, 3.8) is 0 Å². The number of fused-ring (bicyclic) bond motifs is 1. The fourth-order valence-corrected chi connectivity index (χ4v) is 8.93. The molecule has 3 aliphatic rings. The number of benzene rings is 4. The molecule has 1 saturated carbocycles. The molecule has 5 amide bonds. The monoisotopic (exact) mass is 847 g/mol. The third-order valence-electron chi connectivity index (χ3n) is 12.5. The molecule has 1 aliphatic carbocycles. The summed E-state index contributed by atoms with van der Waals surface area (Å²) in [5.41, 5.74) is 6.54. The summed E-state index contributed by atoms with van der Waals surface area (Å²) in [5, 5.41) is 10.8. The Morgan fingerprint density at radius 1 is 0.730 bits per heavy atom. The molecular weight excluding hydrogens is 795 g/mol. The van der Waals surface area contributed by atoms with E-state index >= 15 is 0 Å². The summed E-state index contributed by atoms with van der Waals surface area (Å²) in [6.45, 7) is 4.99. The van der Waals surface area contributed by atoms with Crippen molar-refractivity contribution in [2.45, 2.75) is 82.6 Å². The fourth-order valence-electron chi connectivity index (χ4n) is 8.93. The highest BCUT2D eigenvalue weighted by Crippen LogP contribution is 2.36. The zero-order chi connectivity index (χ0) is 43.6. The number of rotatable bonds is 12. The van der Waals surface area contributed by atoms with E-state index in [0.29, 0.717) is 13.1 Å². The third-order valence-corrected chi connectivity index (χ3v) is 12.5. The number of amides is 5. The second-order valence-electron chi connectivity index (χ2n) is 17.2. The maximum atomic E-state index is 14.1. The number of ether oxygens (including phenoxy) is 1. The molecule has 0 radical (unpaired) electrons. The van der Waals surface area contributed by atoms with Crippen molar-refractivity contribution in [1.29, 1.82) is 0 Å². The number of H-pyrrole nitrogens is 2. The lowest BCUT2D eigenvalue weighted by Crippen LogP contribution is -2.51. The largest absolute Gasteiger partial charge is 0.453 e. The van der Waals surface area contributed by atoms with E-state index in [4.69, 9.17) is 14.7 Å². The van der Waals surface area contributed by atoms with Gasteiger partial charge >= 0.3 is 12.1 Å². The van der Waals surface area contributed by atoms with Crippen molar-refractivity contribution in [2.24, 2.45) is 5.92 Å². The number of nitrogens with one attached hydrogen (secondary N) is 5. The maximum absolute atomic E-state index is 14.1. The molecule has 5 N–H and O–H groups in total. The molecule has 9 rings (SSSR count). The first-order valence-electron chi connectivity index (χ1n) is 22.0. The Morgan fingerprint density at radius 2 is 1.37 bits per heavy atom. The first-order valence-corrected chi connectivity index (χ1v) is 22.0. The van der Waals surface area contributed by atoms with Crippen LogP contribution in [0.2, 0.25) is 0 Å². The quantitative estimate of drug-likeness (QED) is 0.0825. The number of aromatic nitrogens is 4. The average Bonchev–Trinajstić information content (AvgIpc) is 3.82. The number of hydrogen-bond donors (Lipinski definition) is 5. The highest BCUT2D eigenvalue weighted by Gasteiger charge is 2.39. The Labute approximate surface area is 366 Å². The van der Waals surface area contributed by atoms with Gasteiger partial charge in [-0.15, -0.1) is 0 Å². The Balaban J connectivity index is 0.865. The molecule has 324 valence electrons. The van der Waals surface area contributed by atoms with E-state index < -0.39 is 18.2 Å². The van der Waals surface area contributed by atoms with Gasteiger partial charge in [0.2, 0.25) is 11.8 Å². The van der Waals surface area contributed by atoms with E-state index in [-0.39, 0.29) is 41.9 Å². The van der Waals surface area contributed by atoms with Crippen LogP contribution in [-0.4, -0.2) is 86.0 Å². The van der Waals surface area contributed by atoms with Gasteiger partial charge in [-0.2, -0.15) is 0 Å². The number of likely N-dealkylation sites (tertiary alicyclic amines) is 2. The van der Waals surface area contributed by atoms with E-state index in [0.717, 1.165) is 100 Å². The number of urea groups is 1. The molecule has 4 aromatic carbocycles. The van der Waals surface area contributed by atoms with E-state index in [9.17, 15) is 19.2 Å². The minimum absolute atomic E-state index is 0.106. The van der Waals surface area contributed by atoms with Gasteiger partial charge in [-0.25, -0.2) is 19.6 Å². The Bertz CT molecular complexity index is 2620. The van der Waals surface area contributed by atoms with Crippen molar-refractivity contribution >= 4 is 34.7 Å². The first-order chi connectivity index (χ1) is 30.6. The molecule has 3 fully saturated rings. The molecule has 14 nitrogen and oxygen atoms in total. The summed E-state index contributed by atoms with van der Waals surface area (Å²) >= 11 is 0. The van der Waals surface area contributed by atoms with Gasteiger partial charge in [0.1, 0.15) is 23.7 Å². The number of nitrogens with zero attached hydrogens (tertiary/aromatic N) is 4. The minimum Gasteiger partial charge on any atom is -0.453 e. The van der Waals surface area contributed by atoms with Crippen molar-refractivity contribution in [3.05, 3.63) is 121 Å². The molecule has 4 heterocycles. The van der Waals surface area contributed by atoms with E-state index in [2.05, 4.69) is 86.6 Å². The highest BCUT2D eigenvalue weighted by atomic mass is 16.5. The number of imidazole rings is 2. The zero-order valence-corrected chi connectivity index (χ0v) is 35.8. The third kappa shape index (κ3) is 8.88. The molecule has 2 saturated heterocycles. The molecule has 2 aromatic heterocycles. The van der Waals surface area contributed by atoms with Gasteiger partial charge in [0.25, 0.3) is 0 Å². The normalized spacial score (nSPS) is 18.3. The van der Waals surface area contributed by atoms with Crippen molar-refractivity contribution in [2.75, 3.05) is 20.2 Å². The summed E-state index contributed by atoms with van der Waals surface area (Å²) in [5.74, 6) is 1.07. The predicted octanol–water partition coefficient (Wildman–Crippen LogP) is 8.20. The number of carbonyl (C=O) groups is 4. The number of carbonyl (C=O) groups excluding carboxylic acids is 4. The van der Waals surface area contributed by atoms with E-state index in [1.54, 1.807) is 0 Å². The lowest BCUT2D eigenvalue weighted by atomic mass is 9.98. The van der Waals surface area contributed by atoms with Crippen LogP contribution in [0.4, 0.5) is 9.59 Å². The molecular formula is C49H53N9O5. The minimum atomic E-state index is -0.800. The van der Waals surface area contributed by atoms with Gasteiger partial charge in [-0.1, -0.05) is 92.7 Å². The lowest BCUT2D eigenvalue weighted by Gasteiger charge is -2.29. The predicted molar refractivity (Wildman–Crippen MR) is 240 cm³/mol. The topological polar surface area (TPSA) is 177 Å². The van der Waals surface area contributed by atoms with Crippen LogP contribution >= 0.6 is 0 Å². The lowest BCUT2D eigenvalue weighted by molar-refractivity contribution is -0.135. The van der Waals surface area contributed by atoms with Crippen LogP contribution in [0.25, 0.3) is 44.4 Å². The summed E-state index contributed by atoms with van der Waals surface area (Å²) in [6.07, 6.45) is 8.27. The number of methoxy groups -OCH3 is 1. The van der Waals surface area contributed by atoms with Crippen LogP contribution in [0.1, 0.15) is 87.7 Å². The Morgan fingerprint density at radius 3 is 2.05 bits per heavy atom. The molecule has 0 unspecified atom stereocenters. The highest BCUT2D eigenvalue weighted by molar-refractivity contribution is 5.91. The molecule has 4 atom stereocenters. The Hall–Kier alpha value is -6.96. The van der Waals surface area contributed by atoms with Crippen LogP contribution < -0.4 is 16.0 Å². The van der Waals surface area contributed by atoms with Crippen LogP contribution in [0.3, 0.4) is 0 Å². The smallest absolute Gasteiger partial charge is 0.407 e. The zero-order valence-electron chi connectivity index (χ0n) is 35.8. The van der Waals surface area contributed by atoms with Crippen LogP contribution in [0.5, 0.6) is 0 Å². The van der Waals surface area contributed by atoms with Gasteiger partial charge < -0.3 is 40.5 Å². The van der Waals surface area contributed by atoms with Gasteiger partial charge in [0.05, 0.1) is 36.8 Å². The van der Waals surface area contributed by atoms with Crippen LogP contribution in [0.15, 0.2) is 103 Å². The van der Waals surface area contributed by atoms with Crippen molar-refractivity contribution in [1.82, 2.24) is 45.7 Å². The molecule has 6 aromatic rings. The number of hydrogen-bond acceptors (Lipinski definition) is 7. The molecule has 0 bridgehead atoms. The summed E-state index contributed by atoms with van der Waals surface area (Å²) in [7, 11) is 1.29. The molecule has 63 heavy (non-hydrogen) atoms. The van der Waals surface area contributed by atoms with E-state index in [1.165, 1.54) is 7.11 Å². The number of alkyl carbamates (subject to hydrolysis) is 1. The molecule has 2 aliphatic heterocycles. The van der Waals surface area contributed by atoms with Gasteiger partial charge in [-0.05, 0) is 89.6 Å². The van der Waals surface area contributed by atoms with Crippen LogP contribution in [0, 0.1) is 5.92 Å². The van der Waals surface area contributed by atoms with Crippen molar-refractivity contribution < 1.29 is 23.9 Å². The summed E-state index contributed by atoms with van der Waals surface area (Å²) in [4.78, 5) is 72.8. The molecule has 14 heteroatoms. The Kier molecular flexibility index (Phi) is 11.7. The molecule has 0 spiro atoms. The second kappa shape index (κ2) is 17.8. The number of aromatic amines is 2. The van der Waals surface area contributed by atoms with Gasteiger partial charge in [0, 0.05) is 30.9 Å². The standard InChI is InChI=1S/C49H53N9O5/c1-29(2)42(56-49(62)63-3)46(59)57-23-7-11-40(57)45-51-28-39(54-45)36-20-19-34-25-33(17-18-35(34)26-36)30-13-15-31(16-14-30)38-27-50-44(53-38)41-12-8-24-58(41)47(60)43(32-9-5-4-6-10-32)55-48(61)52-37-21-22-37/h4-6,9-10,13-20,25-29,37,40-43H,7-8,11-12,21-24H2,1-3H3,(H,50,53)(H,51,54)(H,56,62)(H2,52,55,61)/t40-,41-,42-,43+/m0/s1. The second-order valence-corrected chi connectivity index (χ2v) is 17.2. The average molecular weight is 848 g/mol. The van der Waals surface area contributed by atoms with E-state index in [1.807, 2.05) is 66.4 Å². The van der Waals surface area contributed by atoms with Gasteiger partial charge in [0.15, 0.2) is 0 Å². The summed E-state index contributed by atoms with van der Waals surface area (Å²) < 4.78 is 4.78.